The van der Waals surface area contributed by atoms with Crippen molar-refractivity contribution in [2.75, 3.05) is 33.2 Å². The van der Waals surface area contributed by atoms with Crippen molar-refractivity contribution < 1.29 is 4.39 Å². The van der Waals surface area contributed by atoms with Gasteiger partial charge >= 0.3 is 0 Å². The Labute approximate surface area is 121 Å². The molecule has 0 aliphatic rings. The molecule has 1 rings (SSSR count). The summed E-state index contributed by atoms with van der Waals surface area (Å²) in [4.78, 5) is 6.62. The van der Waals surface area contributed by atoms with Crippen LogP contribution in [-0.4, -0.2) is 44.1 Å². The molecule has 0 amide bonds. The zero-order valence-corrected chi connectivity index (χ0v) is 12.6. The number of rotatable bonds is 7. The van der Waals surface area contributed by atoms with E-state index in [0.29, 0.717) is 12.1 Å². The highest BCUT2D eigenvalue weighted by atomic mass is 19.1. The minimum absolute atomic E-state index is 0.210. The molecule has 0 aliphatic heterocycles. The Morgan fingerprint density at radius 2 is 2.00 bits per heavy atom. The molecule has 0 aliphatic carbocycles. The zero-order chi connectivity index (χ0) is 14.8. The van der Waals surface area contributed by atoms with E-state index in [0.717, 1.165) is 32.1 Å². The molecule has 1 aromatic rings. The molecule has 0 spiro atoms. The predicted molar refractivity (Wildman–Crippen MR) is 82.4 cm³/mol. The summed E-state index contributed by atoms with van der Waals surface area (Å²) in [6.45, 7) is 8.03. The van der Waals surface area contributed by atoms with E-state index >= 15 is 0 Å². The van der Waals surface area contributed by atoms with Crippen molar-refractivity contribution in [2.24, 2.45) is 4.99 Å². The van der Waals surface area contributed by atoms with Gasteiger partial charge in [0.2, 0.25) is 0 Å². The fourth-order valence-corrected chi connectivity index (χ4v) is 1.66. The summed E-state index contributed by atoms with van der Waals surface area (Å²) in [5.74, 6) is 0.512. The molecule has 20 heavy (non-hydrogen) atoms. The molecule has 2 N–H and O–H groups in total. The van der Waals surface area contributed by atoms with Gasteiger partial charge in [0.15, 0.2) is 5.96 Å². The third-order valence-electron chi connectivity index (χ3n) is 3.04. The number of nitrogens with one attached hydrogen (secondary N) is 2. The Kier molecular flexibility index (Phi) is 7.65. The monoisotopic (exact) mass is 280 g/mol. The van der Waals surface area contributed by atoms with Crippen LogP contribution in [0.1, 0.15) is 19.4 Å². The van der Waals surface area contributed by atoms with Crippen LogP contribution in [-0.2, 0) is 6.54 Å². The number of hydrogen-bond donors (Lipinski definition) is 2. The first-order valence-electron chi connectivity index (χ1n) is 7.11. The standard InChI is InChI=1S/C15H25FN4/c1-4-17-15(18-10-11-20(3)5-2)19-12-13-8-6-7-9-14(13)16/h6-9H,4-5,10-12H2,1-3H3,(H2,17,18,19). The number of hydrogen-bond acceptors (Lipinski definition) is 2. The third-order valence-corrected chi connectivity index (χ3v) is 3.04. The second kappa shape index (κ2) is 9.31. The van der Waals surface area contributed by atoms with Gasteiger partial charge in [-0.1, -0.05) is 25.1 Å². The predicted octanol–water partition coefficient (Wildman–Crippen LogP) is 1.83. The van der Waals surface area contributed by atoms with Crippen LogP contribution in [0.15, 0.2) is 29.3 Å². The van der Waals surface area contributed by atoms with E-state index in [1.807, 2.05) is 13.0 Å². The molecule has 0 unspecified atom stereocenters. The quantitative estimate of drug-likeness (QED) is 0.591. The van der Waals surface area contributed by atoms with Crippen LogP contribution in [0, 0.1) is 5.82 Å². The fraction of sp³-hybridized carbons (Fsp3) is 0.533. The van der Waals surface area contributed by atoms with Crippen LogP contribution >= 0.6 is 0 Å². The van der Waals surface area contributed by atoms with Crippen molar-refractivity contribution in [1.82, 2.24) is 15.5 Å². The molecule has 0 heterocycles. The average molecular weight is 280 g/mol. The molecule has 0 aromatic heterocycles. The van der Waals surface area contributed by atoms with Crippen LogP contribution in [0.4, 0.5) is 4.39 Å². The minimum atomic E-state index is -0.210. The first-order chi connectivity index (χ1) is 9.67. The van der Waals surface area contributed by atoms with Gasteiger partial charge in [-0.15, -0.1) is 0 Å². The van der Waals surface area contributed by atoms with E-state index in [1.165, 1.54) is 6.07 Å². The first kappa shape index (κ1) is 16.4. The number of benzene rings is 1. The lowest BCUT2D eigenvalue weighted by Crippen LogP contribution is -2.40. The summed E-state index contributed by atoms with van der Waals surface area (Å²) in [5.41, 5.74) is 0.607. The number of guanidine groups is 1. The first-order valence-corrected chi connectivity index (χ1v) is 7.11. The van der Waals surface area contributed by atoms with Crippen LogP contribution in [0.2, 0.25) is 0 Å². The summed E-state index contributed by atoms with van der Waals surface area (Å²) in [7, 11) is 2.07. The molecule has 112 valence electrons. The smallest absolute Gasteiger partial charge is 0.191 e. The fourth-order valence-electron chi connectivity index (χ4n) is 1.66. The summed E-state index contributed by atoms with van der Waals surface area (Å²) >= 11 is 0. The summed E-state index contributed by atoms with van der Waals surface area (Å²) in [5, 5.41) is 6.41. The van der Waals surface area contributed by atoms with Gasteiger partial charge in [-0.2, -0.15) is 0 Å². The van der Waals surface area contributed by atoms with E-state index in [2.05, 4.69) is 34.5 Å². The van der Waals surface area contributed by atoms with Crippen molar-refractivity contribution in [3.8, 4) is 0 Å². The molecular formula is C15H25FN4. The van der Waals surface area contributed by atoms with Crippen molar-refractivity contribution in [3.63, 3.8) is 0 Å². The Balaban J connectivity index is 2.52. The molecule has 0 saturated carbocycles. The van der Waals surface area contributed by atoms with E-state index in [1.54, 1.807) is 12.1 Å². The molecule has 0 atom stereocenters. The summed E-state index contributed by atoms with van der Waals surface area (Å²) in [6.07, 6.45) is 0. The van der Waals surface area contributed by atoms with Crippen molar-refractivity contribution in [2.45, 2.75) is 20.4 Å². The lowest BCUT2D eigenvalue weighted by molar-refractivity contribution is 0.357. The number of nitrogens with zero attached hydrogens (tertiary/aromatic N) is 2. The zero-order valence-electron chi connectivity index (χ0n) is 12.6. The van der Waals surface area contributed by atoms with Crippen LogP contribution in [0.5, 0.6) is 0 Å². The highest BCUT2D eigenvalue weighted by Gasteiger charge is 2.01. The van der Waals surface area contributed by atoms with E-state index in [-0.39, 0.29) is 5.82 Å². The normalized spacial score (nSPS) is 11.8. The van der Waals surface area contributed by atoms with Crippen molar-refractivity contribution in [3.05, 3.63) is 35.6 Å². The molecule has 0 fully saturated rings. The number of aliphatic imine (C=N–C) groups is 1. The van der Waals surface area contributed by atoms with Crippen molar-refractivity contribution in [1.29, 1.82) is 0 Å². The van der Waals surface area contributed by atoms with Crippen LogP contribution in [0.25, 0.3) is 0 Å². The second-order valence-corrected chi connectivity index (χ2v) is 4.61. The van der Waals surface area contributed by atoms with E-state index < -0.39 is 0 Å². The lowest BCUT2D eigenvalue weighted by Gasteiger charge is -2.16. The van der Waals surface area contributed by atoms with Gasteiger partial charge in [-0.3, -0.25) is 0 Å². The molecule has 0 radical (unpaired) electrons. The Hall–Kier alpha value is -1.62. The number of likely N-dealkylation sites (N-methyl/N-ethyl adjacent to an activating group) is 1. The van der Waals surface area contributed by atoms with Gasteiger partial charge in [0.05, 0.1) is 6.54 Å². The highest BCUT2D eigenvalue weighted by molar-refractivity contribution is 5.79. The van der Waals surface area contributed by atoms with Gasteiger partial charge in [-0.05, 0) is 26.6 Å². The largest absolute Gasteiger partial charge is 0.357 e. The third kappa shape index (κ3) is 6.02. The molecule has 0 saturated heterocycles. The topological polar surface area (TPSA) is 39.7 Å². The maximum Gasteiger partial charge on any atom is 0.191 e. The second-order valence-electron chi connectivity index (χ2n) is 4.61. The SMILES string of the molecule is CCNC(=NCc1ccccc1F)NCCN(C)CC. The number of halogens is 1. The maximum absolute atomic E-state index is 13.5. The summed E-state index contributed by atoms with van der Waals surface area (Å²) < 4.78 is 13.5. The van der Waals surface area contributed by atoms with Crippen LogP contribution < -0.4 is 10.6 Å². The van der Waals surface area contributed by atoms with E-state index in [4.69, 9.17) is 0 Å². The van der Waals surface area contributed by atoms with Gasteiger partial charge in [-0.25, -0.2) is 9.38 Å². The molecule has 1 aromatic carbocycles. The molecule has 4 nitrogen and oxygen atoms in total. The van der Waals surface area contributed by atoms with Crippen LogP contribution in [0.3, 0.4) is 0 Å². The highest BCUT2D eigenvalue weighted by Crippen LogP contribution is 2.07. The van der Waals surface area contributed by atoms with Gasteiger partial charge < -0.3 is 15.5 Å². The Bertz CT molecular complexity index is 420. The maximum atomic E-state index is 13.5. The Morgan fingerprint density at radius 1 is 1.25 bits per heavy atom. The average Bonchev–Trinajstić information content (AvgIpc) is 2.46. The molecule has 0 bridgehead atoms. The van der Waals surface area contributed by atoms with Crippen molar-refractivity contribution >= 4 is 5.96 Å². The summed E-state index contributed by atoms with van der Waals surface area (Å²) in [6, 6.07) is 6.73. The molecule has 5 heteroatoms. The van der Waals surface area contributed by atoms with Gasteiger partial charge in [0.25, 0.3) is 0 Å². The lowest BCUT2D eigenvalue weighted by atomic mass is 10.2. The van der Waals surface area contributed by atoms with Gasteiger partial charge in [0, 0.05) is 25.2 Å². The van der Waals surface area contributed by atoms with Gasteiger partial charge in [0.1, 0.15) is 5.82 Å². The Morgan fingerprint density at radius 3 is 2.65 bits per heavy atom. The minimum Gasteiger partial charge on any atom is -0.357 e. The van der Waals surface area contributed by atoms with E-state index in [9.17, 15) is 4.39 Å². The molecular weight excluding hydrogens is 255 g/mol.